The lowest BCUT2D eigenvalue weighted by atomic mass is 9.90. The van der Waals surface area contributed by atoms with Gasteiger partial charge in [-0.2, -0.15) is 0 Å². The zero-order valence-corrected chi connectivity index (χ0v) is 19.5. The van der Waals surface area contributed by atoms with Gasteiger partial charge in [0.25, 0.3) is 0 Å². The van der Waals surface area contributed by atoms with Crippen molar-refractivity contribution < 1.29 is 9.59 Å². The number of rotatable bonds is 4. The lowest BCUT2D eigenvalue weighted by Crippen LogP contribution is -2.50. The Bertz CT molecular complexity index is 1020. The Kier molecular flexibility index (Phi) is 6.11. The van der Waals surface area contributed by atoms with Crippen molar-refractivity contribution in [3.63, 3.8) is 0 Å². The smallest absolute Gasteiger partial charge is 0.246 e. The van der Waals surface area contributed by atoms with Gasteiger partial charge in [-0.05, 0) is 60.6 Å². The minimum absolute atomic E-state index is 0.0361. The van der Waals surface area contributed by atoms with Crippen molar-refractivity contribution in [2.24, 2.45) is 11.3 Å². The molecule has 3 fully saturated rings. The Morgan fingerprint density at radius 2 is 1.67 bits per heavy atom. The van der Waals surface area contributed by atoms with E-state index >= 15 is 0 Å². The minimum atomic E-state index is 0.0361. The van der Waals surface area contributed by atoms with Crippen LogP contribution in [0.3, 0.4) is 0 Å². The summed E-state index contributed by atoms with van der Waals surface area (Å²) in [6.45, 7) is 4.60. The predicted molar refractivity (Wildman–Crippen MR) is 130 cm³/mol. The van der Waals surface area contributed by atoms with Gasteiger partial charge in [0, 0.05) is 62.5 Å². The summed E-state index contributed by atoms with van der Waals surface area (Å²) in [6, 6.07) is 13.4. The number of nitrogens with zero attached hydrogens (tertiary/aromatic N) is 4. The van der Waals surface area contributed by atoms with Crippen LogP contribution in [0.15, 0.2) is 54.7 Å². The van der Waals surface area contributed by atoms with Gasteiger partial charge in [0.1, 0.15) is 5.82 Å². The number of halogens is 1. The van der Waals surface area contributed by atoms with Gasteiger partial charge in [0.05, 0.1) is 0 Å². The molecule has 172 valence electrons. The van der Waals surface area contributed by atoms with Crippen molar-refractivity contribution in [3.8, 4) is 0 Å². The normalized spacial score (nSPS) is 22.1. The summed E-state index contributed by atoms with van der Waals surface area (Å²) >= 11 is 5.91. The van der Waals surface area contributed by atoms with Crippen LogP contribution in [0.1, 0.15) is 24.8 Å². The van der Waals surface area contributed by atoms with Crippen LogP contribution in [0, 0.1) is 11.3 Å². The predicted octanol–water partition coefficient (Wildman–Crippen LogP) is 3.73. The lowest BCUT2D eigenvalue weighted by Gasteiger charge is -2.37. The van der Waals surface area contributed by atoms with Crippen LogP contribution >= 0.6 is 11.6 Å². The summed E-state index contributed by atoms with van der Waals surface area (Å²) in [5.41, 5.74) is 1.06. The van der Waals surface area contributed by atoms with E-state index in [1.165, 1.54) is 0 Å². The molecule has 1 aromatic carbocycles. The number of hydrogen-bond acceptors (Lipinski definition) is 4. The summed E-state index contributed by atoms with van der Waals surface area (Å²) in [4.78, 5) is 36.4. The largest absolute Gasteiger partial charge is 0.353 e. The van der Waals surface area contributed by atoms with Crippen LogP contribution in [-0.4, -0.2) is 65.9 Å². The van der Waals surface area contributed by atoms with E-state index in [2.05, 4.69) is 9.88 Å². The highest BCUT2D eigenvalue weighted by Crippen LogP contribution is 2.60. The van der Waals surface area contributed by atoms with Gasteiger partial charge in [0.15, 0.2) is 0 Å². The minimum Gasteiger partial charge on any atom is -0.353 e. The first kappa shape index (κ1) is 22.0. The molecule has 7 heteroatoms. The number of piperazine rings is 1. The quantitative estimate of drug-likeness (QED) is 0.647. The van der Waals surface area contributed by atoms with Gasteiger partial charge < -0.3 is 14.7 Å². The van der Waals surface area contributed by atoms with Crippen LogP contribution in [0.4, 0.5) is 5.82 Å². The van der Waals surface area contributed by atoms with Crippen molar-refractivity contribution in [1.82, 2.24) is 14.8 Å². The summed E-state index contributed by atoms with van der Waals surface area (Å²) in [5, 5.41) is 0.684. The van der Waals surface area contributed by atoms with E-state index in [1.54, 1.807) is 6.08 Å². The number of amides is 2. The molecule has 1 aromatic heterocycles. The second kappa shape index (κ2) is 9.18. The Hall–Kier alpha value is -2.86. The number of anilines is 1. The Morgan fingerprint density at radius 3 is 2.33 bits per heavy atom. The molecule has 1 aliphatic carbocycles. The Morgan fingerprint density at radius 1 is 0.939 bits per heavy atom. The van der Waals surface area contributed by atoms with E-state index in [0.29, 0.717) is 10.9 Å². The number of carbonyl (C=O) groups is 2. The molecule has 2 aromatic rings. The van der Waals surface area contributed by atoms with Gasteiger partial charge in [-0.25, -0.2) is 4.98 Å². The van der Waals surface area contributed by atoms with E-state index in [9.17, 15) is 9.59 Å². The molecule has 0 bridgehead atoms. The molecule has 2 amide bonds. The third kappa shape index (κ3) is 4.76. The molecule has 3 heterocycles. The van der Waals surface area contributed by atoms with Crippen molar-refractivity contribution in [1.29, 1.82) is 0 Å². The van der Waals surface area contributed by atoms with Gasteiger partial charge >= 0.3 is 0 Å². The number of hydrogen-bond donors (Lipinski definition) is 0. The average molecular weight is 465 g/mol. The monoisotopic (exact) mass is 464 g/mol. The summed E-state index contributed by atoms with van der Waals surface area (Å²) in [5.74, 6) is 1.45. The number of benzene rings is 1. The maximum absolute atomic E-state index is 13.2. The summed E-state index contributed by atoms with van der Waals surface area (Å²) in [7, 11) is 0. The van der Waals surface area contributed by atoms with Gasteiger partial charge in [-0.3, -0.25) is 9.59 Å². The first-order chi connectivity index (χ1) is 16.0. The number of piperidine rings is 1. The molecule has 3 aliphatic rings. The first-order valence-electron chi connectivity index (χ1n) is 11.7. The molecule has 2 saturated heterocycles. The maximum Gasteiger partial charge on any atom is 0.246 e. The highest BCUT2D eigenvalue weighted by atomic mass is 35.5. The second-order valence-corrected chi connectivity index (χ2v) is 9.77. The zero-order valence-electron chi connectivity index (χ0n) is 18.7. The van der Waals surface area contributed by atoms with Gasteiger partial charge in [-0.1, -0.05) is 29.8 Å². The highest BCUT2D eigenvalue weighted by Gasteiger charge is 2.59. The van der Waals surface area contributed by atoms with Gasteiger partial charge in [-0.15, -0.1) is 0 Å². The fourth-order valence-corrected chi connectivity index (χ4v) is 5.31. The topological polar surface area (TPSA) is 56.8 Å². The molecule has 5 rings (SSSR count). The second-order valence-electron chi connectivity index (χ2n) is 9.33. The molecule has 33 heavy (non-hydrogen) atoms. The SMILES string of the molecule is O=C(/C=C/c1ccc(Cl)cc1)N1CCC2(CC1)C[C@@H]2C(=O)N1CCN(c2ccccn2)CC1. The van der Waals surface area contributed by atoms with Crippen molar-refractivity contribution in [2.45, 2.75) is 19.3 Å². The third-order valence-corrected chi connectivity index (χ3v) is 7.66. The highest BCUT2D eigenvalue weighted by molar-refractivity contribution is 6.30. The van der Waals surface area contributed by atoms with E-state index in [1.807, 2.05) is 64.5 Å². The summed E-state index contributed by atoms with van der Waals surface area (Å²) < 4.78 is 0. The fourth-order valence-electron chi connectivity index (χ4n) is 5.19. The summed E-state index contributed by atoms with van der Waals surface area (Å²) in [6.07, 6.45) is 8.07. The number of likely N-dealkylation sites (tertiary alicyclic amines) is 1. The van der Waals surface area contributed by atoms with Crippen molar-refractivity contribution in [3.05, 3.63) is 65.3 Å². The van der Waals surface area contributed by atoms with E-state index in [0.717, 1.165) is 69.9 Å². The van der Waals surface area contributed by atoms with E-state index in [4.69, 9.17) is 11.6 Å². The molecule has 1 atom stereocenters. The van der Waals surface area contributed by atoms with Crippen LogP contribution in [-0.2, 0) is 9.59 Å². The molecule has 0 radical (unpaired) electrons. The fraction of sp³-hybridized carbons (Fsp3) is 0.423. The molecular formula is C26H29ClN4O2. The molecular weight excluding hydrogens is 436 g/mol. The Labute approximate surface area is 199 Å². The molecule has 6 nitrogen and oxygen atoms in total. The van der Waals surface area contributed by atoms with E-state index in [-0.39, 0.29) is 17.2 Å². The molecule has 1 saturated carbocycles. The van der Waals surface area contributed by atoms with Crippen LogP contribution in [0.2, 0.25) is 5.02 Å². The van der Waals surface area contributed by atoms with Crippen LogP contribution in [0.25, 0.3) is 6.08 Å². The van der Waals surface area contributed by atoms with Gasteiger partial charge in [0.2, 0.25) is 11.8 Å². The number of aromatic nitrogens is 1. The molecule has 1 spiro atoms. The van der Waals surface area contributed by atoms with Crippen LogP contribution < -0.4 is 4.90 Å². The van der Waals surface area contributed by atoms with Crippen molar-refractivity contribution in [2.75, 3.05) is 44.2 Å². The lowest BCUT2D eigenvalue weighted by molar-refractivity contribution is -0.134. The molecule has 2 aliphatic heterocycles. The standard InChI is InChI=1S/C26H29ClN4O2/c27-21-7-4-20(5-8-21)6-9-24(32)30-13-10-26(11-14-30)19-22(26)25(33)31-17-15-29(16-18-31)23-3-1-2-12-28-23/h1-9,12,22H,10-11,13-19H2/b9-6+/t22-/m1/s1. The van der Waals surface area contributed by atoms with Crippen LogP contribution in [0.5, 0.6) is 0 Å². The maximum atomic E-state index is 13.2. The zero-order chi connectivity index (χ0) is 22.8. The third-order valence-electron chi connectivity index (χ3n) is 7.41. The molecule has 0 N–H and O–H groups in total. The number of carbonyl (C=O) groups excluding carboxylic acids is 2. The Balaban J connectivity index is 1.09. The number of pyridine rings is 1. The van der Waals surface area contributed by atoms with Crippen molar-refractivity contribution >= 4 is 35.3 Å². The first-order valence-corrected chi connectivity index (χ1v) is 12.1. The molecule has 0 unspecified atom stereocenters. The average Bonchev–Trinajstić information content (AvgIpc) is 3.57. The van der Waals surface area contributed by atoms with E-state index < -0.39 is 0 Å².